The Labute approximate surface area is 99.0 Å². The predicted octanol–water partition coefficient (Wildman–Crippen LogP) is 1.04. The standard InChI is InChI=1S/C13H25N3/c14-11-3-4-12(9-11)16-8-5-13(10-16)15-6-1-2-7-15/h11-13H,1-10,14H2. The van der Waals surface area contributed by atoms with Crippen LogP contribution in [-0.4, -0.2) is 54.1 Å². The van der Waals surface area contributed by atoms with Gasteiger partial charge in [-0.05, 0) is 51.6 Å². The summed E-state index contributed by atoms with van der Waals surface area (Å²) < 4.78 is 0. The zero-order chi connectivity index (χ0) is 11.0. The molecule has 2 saturated heterocycles. The Bertz CT molecular complexity index is 237. The van der Waals surface area contributed by atoms with E-state index in [9.17, 15) is 0 Å². The monoisotopic (exact) mass is 223 g/mol. The van der Waals surface area contributed by atoms with Crippen molar-refractivity contribution < 1.29 is 0 Å². The molecule has 0 spiro atoms. The van der Waals surface area contributed by atoms with E-state index >= 15 is 0 Å². The maximum absolute atomic E-state index is 6.01. The third-order valence-corrected chi connectivity index (χ3v) is 4.81. The van der Waals surface area contributed by atoms with Crippen LogP contribution < -0.4 is 5.73 Å². The van der Waals surface area contributed by atoms with Gasteiger partial charge in [-0.3, -0.25) is 9.80 Å². The summed E-state index contributed by atoms with van der Waals surface area (Å²) in [6.07, 6.45) is 8.07. The molecule has 0 aromatic heterocycles. The number of nitrogens with two attached hydrogens (primary N) is 1. The van der Waals surface area contributed by atoms with Gasteiger partial charge >= 0.3 is 0 Å². The van der Waals surface area contributed by atoms with Crippen molar-refractivity contribution in [3.63, 3.8) is 0 Å². The average molecular weight is 223 g/mol. The number of nitrogens with zero attached hydrogens (tertiary/aromatic N) is 2. The third kappa shape index (κ3) is 2.13. The Morgan fingerprint density at radius 1 is 0.812 bits per heavy atom. The summed E-state index contributed by atoms with van der Waals surface area (Å²) in [6, 6.07) is 2.15. The van der Waals surface area contributed by atoms with Crippen molar-refractivity contribution in [2.24, 2.45) is 5.73 Å². The van der Waals surface area contributed by atoms with E-state index in [1.165, 1.54) is 64.7 Å². The first-order valence-electron chi connectivity index (χ1n) is 7.06. The zero-order valence-corrected chi connectivity index (χ0v) is 10.3. The fourth-order valence-corrected chi connectivity index (χ4v) is 3.83. The molecule has 1 saturated carbocycles. The van der Waals surface area contributed by atoms with Crippen LogP contribution in [0.25, 0.3) is 0 Å². The van der Waals surface area contributed by atoms with Crippen molar-refractivity contribution in [1.29, 1.82) is 0 Å². The SMILES string of the molecule is NC1CCC(N2CCC(N3CCCC3)C2)C1. The topological polar surface area (TPSA) is 32.5 Å². The summed E-state index contributed by atoms with van der Waals surface area (Å²) in [5, 5.41) is 0. The average Bonchev–Trinajstić information content (AvgIpc) is 2.97. The fraction of sp³-hybridized carbons (Fsp3) is 1.00. The van der Waals surface area contributed by atoms with Crippen LogP contribution in [-0.2, 0) is 0 Å². The van der Waals surface area contributed by atoms with Crippen molar-refractivity contribution in [3.05, 3.63) is 0 Å². The van der Waals surface area contributed by atoms with Crippen molar-refractivity contribution in [1.82, 2.24) is 9.80 Å². The number of likely N-dealkylation sites (tertiary alicyclic amines) is 2. The molecule has 3 aliphatic rings. The molecule has 3 heteroatoms. The van der Waals surface area contributed by atoms with Crippen molar-refractivity contribution in [2.45, 2.75) is 56.7 Å². The normalized spacial score (nSPS) is 42.2. The first-order chi connectivity index (χ1) is 7.83. The van der Waals surface area contributed by atoms with Gasteiger partial charge in [0.25, 0.3) is 0 Å². The van der Waals surface area contributed by atoms with Gasteiger partial charge < -0.3 is 5.73 Å². The highest BCUT2D eigenvalue weighted by molar-refractivity contribution is 4.92. The van der Waals surface area contributed by atoms with Gasteiger partial charge in [-0.15, -0.1) is 0 Å². The minimum absolute atomic E-state index is 0.482. The lowest BCUT2D eigenvalue weighted by Gasteiger charge is -2.26. The molecule has 0 bridgehead atoms. The van der Waals surface area contributed by atoms with E-state index in [0.29, 0.717) is 6.04 Å². The lowest BCUT2D eigenvalue weighted by atomic mass is 10.2. The molecule has 2 N–H and O–H groups in total. The zero-order valence-electron chi connectivity index (χ0n) is 10.3. The number of rotatable bonds is 2. The van der Waals surface area contributed by atoms with Gasteiger partial charge in [-0.2, -0.15) is 0 Å². The molecule has 0 amide bonds. The van der Waals surface area contributed by atoms with Crippen LogP contribution in [0.15, 0.2) is 0 Å². The van der Waals surface area contributed by atoms with Gasteiger partial charge in [0.15, 0.2) is 0 Å². The van der Waals surface area contributed by atoms with Crippen molar-refractivity contribution in [3.8, 4) is 0 Å². The molecule has 3 atom stereocenters. The van der Waals surface area contributed by atoms with E-state index in [4.69, 9.17) is 5.73 Å². The summed E-state index contributed by atoms with van der Waals surface area (Å²) in [5.41, 5.74) is 6.01. The van der Waals surface area contributed by atoms with Crippen molar-refractivity contribution in [2.75, 3.05) is 26.2 Å². The molecular weight excluding hydrogens is 198 g/mol. The molecule has 3 fully saturated rings. The largest absolute Gasteiger partial charge is 0.328 e. The highest BCUT2D eigenvalue weighted by atomic mass is 15.3. The van der Waals surface area contributed by atoms with Crippen LogP contribution in [0.2, 0.25) is 0 Å². The molecule has 16 heavy (non-hydrogen) atoms. The molecular formula is C13H25N3. The van der Waals surface area contributed by atoms with Crippen LogP contribution in [0.1, 0.15) is 38.5 Å². The van der Waals surface area contributed by atoms with Gasteiger partial charge in [-0.25, -0.2) is 0 Å². The van der Waals surface area contributed by atoms with E-state index in [2.05, 4.69) is 9.80 Å². The Kier molecular flexibility index (Phi) is 3.18. The van der Waals surface area contributed by atoms with Crippen LogP contribution >= 0.6 is 0 Å². The van der Waals surface area contributed by atoms with E-state index in [1.54, 1.807) is 0 Å². The van der Waals surface area contributed by atoms with E-state index < -0.39 is 0 Å². The lowest BCUT2D eigenvalue weighted by Crippen LogP contribution is -2.38. The highest BCUT2D eigenvalue weighted by Gasteiger charge is 2.35. The summed E-state index contributed by atoms with van der Waals surface area (Å²) in [6.45, 7) is 5.33. The summed E-state index contributed by atoms with van der Waals surface area (Å²) in [5.74, 6) is 0. The van der Waals surface area contributed by atoms with Crippen LogP contribution in [0.3, 0.4) is 0 Å². The molecule has 2 aliphatic heterocycles. The molecule has 3 unspecified atom stereocenters. The second kappa shape index (κ2) is 4.63. The minimum atomic E-state index is 0.482. The molecule has 2 heterocycles. The second-order valence-electron chi connectivity index (χ2n) is 5.91. The first-order valence-corrected chi connectivity index (χ1v) is 7.06. The Balaban J connectivity index is 1.52. The fourth-order valence-electron chi connectivity index (χ4n) is 3.83. The minimum Gasteiger partial charge on any atom is -0.328 e. The molecule has 1 aliphatic carbocycles. The van der Waals surface area contributed by atoms with Gasteiger partial charge in [-0.1, -0.05) is 0 Å². The van der Waals surface area contributed by atoms with Gasteiger partial charge in [0.2, 0.25) is 0 Å². The summed E-state index contributed by atoms with van der Waals surface area (Å²) >= 11 is 0. The summed E-state index contributed by atoms with van der Waals surface area (Å²) in [4.78, 5) is 5.44. The Hall–Kier alpha value is -0.120. The lowest BCUT2D eigenvalue weighted by molar-refractivity contribution is 0.200. The van der Waals surface area contributed by atoms with Gasteiger partial charge in [0, 0.05) is 31.2 Å². The van der Waals surface area contributed by atoms with Gasteiger partial charge in [0.05, 0.1) is 0 Å². The van der Waals surface area contributed by atoms with Gasteiger partial charge in [0.1, 0.15) is 0 Å². The Morgan fingerprint density at radius 2 is 1.62 bits per heavy atom. The molecule has 3 nitrogen and oxygen atoms in total. The Morgan fingerprint density at radius 3 is 2.31 bits per heavy atom. The maximum atomic E-state index is 6.01. The molecule has 3 rings (SSSR count). The van der Waals surface area contributed by atoms with Crippen LogP contribution in [0.5, 0.6) is 0 Å². The highest BCUT2D eigenvalue weighted by Crippen LogP contribution is 2.28. The number of hydrogen-bond donors (Lipinski definition) is 1. The number of hydrogen-bond acceptors (Lipinski definition) is 3. The predicted molar refractivity (Wildman–Crippen MR) is 66.4 cm³/mol. The van der Waals surface area contributed by atoms with E-state index in [-0.39, 0.29) is 0 Å². The summed E-state index contributed by atoms with van der Waals surface area (Å²) in [7, 11) is 0. The molecule has 0 aromatic carbocycles. The molecule has 92 valence electrons. The molecule has 0 aromatic rings. The molecule has 0 radical (unpaired) electrons. The first kappa shape index (κ1) is 11.0. The second-order valence-corrected chi connectivity index (χ2v) is 5.91. The third-order valence-electron chi connectivity index (χ3n) is 4.81. The quantitative estimate of drug-likeness (QED) is 0.759. The maximum Gasteiger partial charge on any atom is 0.0235 e. The van der Waals surface area contributed by atoms with Crippen LogP contribution in [0, 0.1) is 0 Å². The smallest absolute Gasteiger partial charge is 0.0235 e. The van der Waals surface area contributed by atoms with Crippen LogP contribution in [0.4, 0.5) is 0 Å². The van der Waals surface area contributed by atoms with E-state index in [0.717, 1.165) is 12.1 Å². The van der Waals surface area contributed by atoms with Crippen molar-refractivity contribution >= 4 is 0 Å². The van der Waals surface area contributed by atoms with E-state index in [1.807, 2.05) is 0 Å².